The van der Waals surface area contributed by atoms with Crippen LogP contribution in [0.15, 0.2) is 96.4 Å². The number of carbonyl (C=O) groups is 3. The van der Waals surface area contributed by atoms with E-state index in [9.17, 15) is 14.4 Å². The van der Waals surface area contributed by atoms with Gasteiger partial charge >= 0.3 is 0 Å². The number of aryl methyl sites for hydroxylation is 1. The Kier molecular flexibility index (Phi) is 5.47. The minimum atomic E-state index is -1.08. The van der Waals surface area contributed by atoms with Gasteiger partial charge in [-0.1, -0.05) is 66.2 Å². The Morgan fingerprint density at radius 3 is 2.35 bits per heavy atom. The molecule has 8 heteroatoms. The standard InChI is InChI=1S/C32H23ClN4O3/c1-18-12-13-20(33)15-25(18)37-30(39)27-26-21-8-2-4-10-23(21)32(28(27)31(37)40,24-11-5-3-9-22(24)26)17-35-36-29(38)19-7-6-14-34-16-19/h2-17,26-28H,1H3,(H,36,38)/b35-17-/t26?,27-,28-,32?/m1/s1. The van der Waals surface area contributed by atoms with Gasteiger partial charge in [0.1, 0.15) is 0 Å². The molecule has 4 aliphatic rings. The maximum Gasteiger partial charge on any atom is 0.272 e. The summed E-state index contributed by atoms with van der Waals surface area (Å²) in [5, 5.41) is 4.88. The number of amides is 3. The zero-order valence-electron chi connectivity index (χ0n) is 21.4. The number of carbonyl (C=O) groups excluding carboxylic acids is 3. The van der Waals surface area contributed by atoms with Gasteiger partial charge in [-0.05, 0) is 59.0 Å². The van der Waals surface area contributed by atoms with Crippen molar-refractivity contribution in [1.82, 2.24) is 10.4 Å². The maximum atomic E-state index is 14.5. The highest BCUT2D eigenvalue weighted by Gasteiger charge is 2.68. The van der Waals surface area contributed by atoms with Gasteiger partial charge in [-0.2, -0.15) is 5.10 Å². The molecule has 0 radical (unpaired) electrons. The van der Waals surface area contributed by atoms with E-state index in [1.807, 2.05) is 61.5 Å². The number of imide groups is 1. The van der Waals surface area contributed by atoms with E-state index in [-0.39, 0.29) is 17.7 Å². The Labute approximate surface area is 235 Å². The van der Waals surface area contributed by atoms with Gasteiger partial charge in [-0.3, -0.25) is 19.4 Å². The average molecular weight is 547 g/mol. The lowest BCUT2D eigenvalue weighted by Gasteiger charge is -2.52. The molecule has 2 bridgehead atoms. The summed E-state index contributed by atoms with van der Waals surface area (Å²) in [7, 11) is 0. The van der Waals surface area contributed by atoms with E-state index in [2.05, 4.69) is 15.5 Å². The third-order valence-electron chi connectivity index (χ3n) is 8.45. The predicted octanol–water partition coefficient (Wildman–Crippen LogP) is 5.01. The minimum absolute atomic E-state index is 0.258. The molecule has 1 aromatic heterocycles. The van der Waals surface area contributed by atoms with E-state index in [1.165, 1.54) is 11.1 Å². The topological polar surface area (TPSA) is 91.7 Å². The van der Waals surface area contributed by atoms with Crippen LogP contribution in [-0.4, -0.2) is 28.9 Å². The van der Waals surface area contributed by atoms with Crippen LogP contribution in [0, 0.1) is 18.8 Å². The third-order valence-corrected chi connectivity index (χ3v) is 8.69. The lowest BCUT2D eigenvalue weighted by Crippen LogP contribution is -2.54. The van der Waals surface area contributed by atoms with E-state index in [4.69, 9.17) is 11.6 Å². The second-order valence-electron chi connectivity index (χ2n) is 10.4. The summed E-state index contributed by atoms with van der Waals surface area (Å²) in [6, 6.07) is 24.3. The van der Waals surface area contributed by atoms with Crippen LogP contribution in [0.25, 0.3) is 0 Å². The first-order chi connectivity index (χ1) is 19.4. The van der Waals surface area contributed by atoms with Crippen molar-refractivity contribution in [2.75, 3.05) is 4.90 Å². The molecule has 7 nitrogen and oxygen atoms in total. The van der Waals surface area contributed by atoms with Crippen molar-refractivity contribution >= 4 is 41.2 Å². The summed E-state index contributed by atoms with van der Waals surface area (Å²) < 4.78 is 0. The van der Waals surface area contributed by atoms with Crippen LogP contribution in [0.2, 0.25) is 5.02 Å². The molecular weight excluding hydrogens is 524 g/mol. The van der Waals surface area contributed by atoms with Gasteiger partial charge in [0.05, 0.1) is 28.5 Å². The molecular formula is C32H23ClN4O3. The average Bonchev–Trinajstić information content (AvgIpc) is 3.25. The molecule has 40 heavy (non-hydrogen) atoms. The monoisotopic (exact) mass is 546 g/mol. The third kappa shape index (κ3) is 3.27. The normalized spacial score (nSPS) is 24.1. The van der Waals surface area contributed by atoms with Crippen molar-refractivity contribution in [3.63, 3.8) is 0 Å². The number of nitrogens with one attached hydrogen (secondary N) is 1. The first kappa shape index (κ1) is 24.4. The fourth-order valence-electron chi connectivity index (χ4n) is 6.87. The molecule has 196 valence electrons. The Bertz CT molecular complexity index is 1700. The number of halogens is 1. The van der Waals surface area contributed by atoms with Crippen molar-refractivity contribution in [1.29, 1.82) is 0 Å². The fourth-order valence-corrected chi connectivity index (χ4v) is 7.03. The Morgan fingerprint density at radius 1 is 0.975 bits per heavy atom. The first-order valence-corrected chi connectivity index (χ1v) is 13.4. The summed E-state index contributed by atoms with van der Waals surface area (Å²) >= 11 is 6.32. The molecule has 0 saturated carbocycles. The second kappa shape index (κ2) is 8.96. The Hall–Kier alpha value is -4.62. The number of nitrogens with zero attached hydrogens (tertiary/aromatic N) is 3. The van der Waals surface area contributed by atoms with Crippen molar-refractivity contribution in [3.05, 3.63) is 130 Å². The molecule has 3 aliphatic carbocycles. The molecule has 1 fully saturated rings. The summed E-state index contributed by atoms with van der Waals surface area (Å²) in [4.78, 5) is 46.9. The molecule has 3 aromatic carbocycles. The Balaban J connectivity index is 1.43. The van der Waals surface area contributed by atoms with Crippen LogP contribution in [0.1, 0.15) is 44.1 Å². The van der Waals surface area contributed by atoms with Crippen LogP contribution in [0.5, 0.6) is 0 Å². The lowest BCUT2D eigenvalue weighted by molar-refractivity contribution is -0.122. The van der Waals surface area contributed by atoms with E-state index < -0.39 is 23.2 Å². The second-order valence-corrected chi connectivity index (χ2v) is 10.8. The van der Waals surface area contributed by atoms with Gasteiger partial charge in [0, 0.05) is 29.5 Å². The number of aromatic nitrogens is 1. The zero-order chi connectivity index (χ0) is 27.6. The lowest BCUT2D eigenvalue weighted by atomic mass is 9.47. The van der Waals surface area contributed by atoms with Crippen molar-refractivity contribution in [2.24, 2.45) is 16.9 Å². The van der Waals surface area contributed by atoms with Gasteiger partial charge in [-0.15, -0.1) is 0 Å². The molecule has 0 spiro atoms. The van der Waals surface area contributed by atoms with Gasteiger partial charge in [-0.25, -0.2) is 10.3 Å². The number of anilines is 1. The minimum Gasteiger partial charge on any atom is -0.274 e. The van der Waals surface area contributed by atoms with E-state index >= 15 is 0 Å². The molecule has 8 rings (SSSR count). The molecule has 0 unspecified atom stereocenters. The van der Waals surface area contributed by atoms with Crippen molar-refractivity contribution < 1.29 is 14.4 Å². The molecule has 3 amide bonds. The van der Waals surface area contributed by atoms with Crippen LogP contribution >= 0.6 is 11.6 Å². The number of hydrogen-bond acceptors (Lipinski definition) is 5. The molecule has 4 aromatic rings. The quantitative estimate of drug-likeness (QED) is 0.221. The highest BCUT2D eigenvalue weighted by Crippen LogP contribution is 2.63. The van der Waals surface area contributed by atoms with Gasteiger partial charge in [0.15, 0.2) is 0 Å². The number of pyridine rings is 1. The van der Waals surface area contributed by atoms with Crippen LogP contribution in [0.3, 0.4) is 0 Å². The molecule has 1 saturated heterocycles. The Morgan fingerprint density at radius 2 is 1.68 bits per heavy atom. The summed E-state index contributed by atoms with van der Waals surface area (Å²) in [6.07, 6.45) is 4.69. The smallest absolute Gasteiger partial charge is 0.272 e. The fraction of sp³-hybridized carbons (Fsp3) is 0.156. The molecule has 2 heterocycles. The van der Waals surface area contributed by atoms with Crippen LogP contribution in [-0.2, 0) is 15.0 Å². The zero-order valence-corrected chi connectivity index (χ0v) is 22.2. The molecule has 2 atom stereocenters. The summed E-state index contributed by atoms with van der Waals surface area (Å²) in [6.45, 7) is 1.86. The molecule has 1 N–H and O–H groups in total. The molecule has 1 aliphatic heterocycles. The number of hydrogen-bond donors (Lipinski definition) is 1. The van der Waals surface area contributed by atoms with Gasteiger partial charge in [0.2, 0.25) is 11.8 Å². The number of hydrazone groups is 1. The highest BCUT2D eigenvalue weighted by atomic mass is 35.5. The first-order valence-electron chi connectivity index (χ1n) is 13.0. The van der Waals surface area contributed by atoms with Crippen LogP contribution < -0.4 is 10.3 Å². The summed E-state index contributed by atoms with van der Waals surface area (Å²) in [5.41, 5.74) is 6.94. The predicted molar refractivity (Wildman–Crippen MR) is 151 cm³/mol. The maximum absolute atomic E-state index is 14.5. The van der Waals surface area contributed by atoms with Crippen molar-refractivity contribution in [2.45, 2.75) is 18.3 Å². The van der Waals surface area contributed by atoms with E-state index in [0.29, 0.717) is 16.3 Å². The van der Waals surface area contributed by atoms with E-state index in [1.54, 1.807) is 36.7 Å². The van der Waals surface area contributed by atoms with Gasteiger partial charge < -0.3 is 0 Å². The largest absolute Gasteiger partial charge is 0.274 e. The van der Waals surface area contributed by atoms with E-state index in [0.717, 1.165) is 27.8 Å². The number of benzene rings is 3. The van der Waals surface area contributed by atoms with Gasteiger partial charge in [0.25, 0.3) is 5.91 Å². The van der Waals surface area contributed by atoms with Crippen molar-refractivity contribution in [3.8, 4) is 0 Å². The number of rotatable bonds is 4. The van der Waals surface area contributed by atoms with Crippen LogP contribution in [0.4, 0.5) is 5.69 Å². The summed E-state index contributed by atoms with van der Waals surface area (Å²) in [5.74, 6) is -2.68. The SMILES string of the molecule is Cc1ccc(Cl)cc1N1C(=O)[C@@H]2C3c4ccccc4C(/C=N\NC(=O)c4cccnc4)(c4ccccc43)[C@H]2C1=O. The highest BCUT2D eigenvalue weighted by molar-refractivity contribution is 6.31.